The summed E-state index contributed by atoms with van der Waals surface area (Å²) in [6, 6.07) is 0. The molecule has 0 spiro atoms. The Balaban J connectivity index is 2.53. The molecule has 0 aliphatic carbocycles. The molecule has 0 aliphatic rings. The molecule has 1 atom stereocenters. The van der Waals surface area contributed by atoms with Gasteiger partial charge in [0.25, 0.3) is 0 Å². The molecular formula is C10H15N3O3S2. The van der Waals surface area contributed by atoms with E-state index in [1.54, 1.807) is 18.7 Å². The number of carbonyl (C=O) groups is 2. The number of thioether (sulfide) groups is 1. The van der Waals surface area contributed by atoms with Crippen LogP contribution in [0.3, 0.4) is 0 Å². The SMILES string of the molecule is CCOC(=O)C(=O)Nc1nnc(SC(C)CC)s1. The molecule has 8 heteroatoms. The van der Waals surface area contributed by atoms with E-state index in [1.807, 2.05) is 0 Å². The highest BCUT2D eigenvalue weighted by atomic mass is 32.2. The van der Waals surface area contributed by atoms with Gasteiger partial charge in [-0.25, -0.2) is 4.79 Å². The summed E-state index contributed by atoms with van der Waals surface area (Å²) in [4.78, 5) is 22.4. The molecule has 100 valence electrons. The zero-order valence-corrected chi connectivity index (χ0v) is 12.1. The zero-order valence-electron chi connectivity index (χ0n) is 10.4. The first-order valence-corrected chi connectivity index (χ1v) is 7.24. The van der Waals surface area contributed by atoms with Gasteiger partial charge in [0, 0.05) is 5.25 Å². The van der Waals surface area contributed by atoms with Crippen LogP contribution >= 0.6 is 23.1 Å². The molecule has 1 heterocycles. The molecule has 0 aromatic carbocycles. The van der Waals surface area contributed by atoms with E-state index < -0.39 is 11.9 Å². The first kappa shape index (κ1) is 14.9. The van der Waals surface area contributed by atoms with E-state index in [-0.39, 0.29) is 6.61 Å². The third-order valence-electron chi connectivity index (χ3n) is 1.96. The summed E-state index contributed by atoms with van der Waals surface area (Å²) in [6.07, 6.45) is 1.02. The third kappa shape index (κ3) is 4.61. The van der Waals surface area contributed by atoms with Gasteiger partial charge in [-0.1, -0.05) is 36.9 Å². The molecule has 0 saturated carbocycles. The van der Waals surface area contributed by atoms with Crippen LogP contribution < -0.4 is 5.32 Å². The fraction of sp³-hybridized carbons (Fsp3) is 0.600. The molecular weight excluding hydrogens is 274 g/mol. The highest BCUT2D eigenvalue weighted by molar-refractivity contribution is 8.01. The monoisotopic (exact) mass is 289 g/mol. The number of hydrogen-bond acceptors (Lipinski definition) is 7. The Hall–Kier alpha value is -1.15. The van der Waals surface area contributed by atoms with Crippen LogP contribution in [0, 0.1) is 0 Å². The minimum absolute atomic E-state index is 0.164. The van der Waals surface area contributed by atoms with Gasteiger partial charge in [-0.15, -0.1) is 10.2 Å². The molecule has 0 radical (unpaired) electrons. The number of hydrogen-bond donors (Lipinski definition) is 1. The van der Waals surface area contributed by atoms with E-state index >= 15 is 0 Å². The number of amides is 1. The van der Waals surface area contributed by atoms with Crippen LogP contribution in [-0.2, 0) is 14.3 Å². The maximum atomic E-state index is 11.3. The van der Waals surface area contributed by atoms with E-state index in [1.165, 1.54) is 11.3 Å². The van der Waals surface area contributed by atoms with Crippen molar-refractivity contribution in [2.45, 2.75) is 36.8 Å². The Bertz CT molecular complexity index is 422. The smallest absolute Gasteiger partial charge is 0.397 e. The van der Waals surface area contributed by atoms with Crippen molar-refractivity contribution in [1.82, 2.24) is 10.2 Å². The fourth-order valence-corrected chi connectivity index (χ4v) is 2.90. The number of carbonyl (C=O) groups excluding carboxylic acids is 2. The predicted molar refractivity (Wildman–Crippen MR) is 70.8 cm³/mol. The van der Waals surface area contributed by atoms with E-state index in [0.717, 1.165) is 10.8 Å². The third-order valence-corrected chi connectivity index (χ3v) is 4.16. The van der Waals surface area contributed by atoms with E-state index in [4.69, 9.17) is 0 Å². The predicted octanol–water partition coefficient (Wildman–Crippen LogP) is 1.93. The van der Waals surface area contributed by atoms with Gasteiger partial charge in [-0.2, -0.15) is 0 Å². The molecule has 0 aliphatic heterocycles. The highest BCUT2D eigenvalue weighted by Crippen LogP contribution is 2.29. The topological polar surface area (TPSA) is 81.2 Å². The molecule has 1 unspecified atom stereocenters. The Morgan fingerprint density at radius 3 is 2.78 bits per heavy atom. The van der Waals surface area contributed by atoms with Crippen molar-refractivity contribution in [3.63, 3.8) is 0 Å². The van der Waals surface area contributed by atoms with Crippen molar-refractivity contribution in [3.8, 4) is 0 Å². The molecule has 0 saturated heterocycles. The summed E-state index contributed by atoms with van der Waals surface area (Å²) in [5.41, 5.74) is 0. The van der Waals surface area contributed by atoms with E-state index in [2.05, 4.69) is 34.1 Å². The second-order valence-corrected chi connectivity index (χ2v) is 6.05. The first-order valence-electron chi connectivity index (χ1n) is 5.55. The average Bonchev–Trinajstić information content (AvgIpc) is 2.76. The van der Waals surface area contributed by atoms with Crippen LogP contribution in [0.15, 0.2) is 4.34 Å². The molecule has 1 aromatic heterocycles. The minimum Gasteiger partial charge on any atom is -0.459 e. The summed E-state index contributed by atoms with van der Waals surface area (Å²) in [5, 5.41) is 10.8. The molecule has 0 bridgehead atoms. The van der Waals surface area contributed by atoms with Gasteiger partial charge in [0.1, 0.15) is 0 Å². The number of rotatable bonds is 5. The lowest BCUT2D eigenvalue weighted by Crippen LogP contribution is -2.24. The van der Waals surface area contributed by atoms with Crippen molar-refractivity contribution in [2.24, 2.45) is 0 Å². The molecule has 1 amide bonds. The zero-order chi connectivity index (χ0) is 13.5. The van der Waals surface area contributed by atoms with Crippen molar-refractivity contribution in [2.75, 3.05) is 11.9 Å². The molecule has 1 aromatic rings. The number of ether oxygens (including phenoxy) is 1. The average molecular weight is 289 g/mol. The van der Waals surface area contributed by atoms with Crippen LogP contribution in [0.25, 0.3) is 0 Å². The van der Waals surface area contributed by atoms with Crippen molar-refractivity contribution < 1.29 is 14.3 Å². The van der Waals surface area contributed by atoms with Gasteiger partial charge in [0.2, 0.25) is 5.13 Å². The van der Waals surface area contributed by atoms with Gasteiger partial charge >= 0.3 is 11.9 Å². The summed E-state index contributed by atoms with van der Waals surface area (Å²) in [7, 11) is 0. The summed E-state index contributed by atoms with van der Waals surface area (Å²) >= 11 is 2.83. The molecule has 0 fully saturated rings. The Morgan fingerprint density at radius 1 is 1.44 bits per heavy atom. The van der Waals surface area contributed by atoms with Gasteiger partial charge in [-0.3, -0.25) is 10.1 Å². The summed E-state index contributed by atoms with van der Waals surface area (Å²) in [6.45, 7) is 5.97. The van der Waals surface area contributed by atoms with Gasteiger partial charge in [0.15, 0.2) is 4.34 Å². The Morgan fingerprint density at radius 2 is 2.17 bits per heavy atom. The summed E-state index contributed by atoms with van der Waals surface area (Å²) in [5.74, 6) is -1.74. The van der Waals surface area contributed by atoms with Crippen molar-refractivity contribution in [3.05, 3.63) is 0 Å². The van der Waals surface area contributed by atoms with Gasteiger partial charge in [0.05, 0.1) is 6.61 Å². The largest absolute Gasteiger partial charge is 0.459 e. The van der Waals surface area contributed by atoms with Crippen LogP contribution in [0.5, 0.6) is 0 Å². The lowest BCUT2D eigenvalue weighted by molar-refractivity contribution is -0.152. The van der Waals surface area contributed by atoms with E-state index in [9.17, 15) is 9.59 Å². The second kappa shape index (κ2) is 7.32. The fourth-order valence-electron chi connectivity index (χ4n) is 0.908. The van der Waals surface area contributed by atoms with Gasteiger partial charge in [-0.05, 0) is 13.3 Å². The Labute approximate surface area is 114 Å². The minimum atomic E-state index is -0.913. The molecule has 1 N–H and O–H groups in total. The number of aromatic nitrogens is 2. The standard InChI is InChI=1S/C10H15N3O3S2/c1-4-6(3)17-10-13-12-9(18-10)11-7(14)8(15)16-5-2/h6H,4-5H2,1-3H3,(H,11,12,14). The molecule has 1 rings (SSSR count). The van der Waals surface area contributed by atoms with Crippen molar-refractivity contribution in [1.29, 1.82) is 0 Å². The first-order chi connectivity index (χ1) is 8.56. The maximum absolute atomic E-state index is 11.3. The molecule has 6 nitrogen and oxygen atoms in total. The number of nitrogens with zero attached hydrogens (tertiary/aromatic N) is 2. The van der Waals surface area contributed by atoms with Crippen LogP contribution in [0.1, 0.15) is 27.2 Å². The van der Waals surface area contributed by atoms with Crippen LogP contribution in [-0.4, -0.2) is 33.9 Å². The molecule has 18 heavy (non-hydrogen) atoms. The quantitative estimate of drug-likeness (QED) is 0.386. The van der Waals surface area contributed by atoms with Crippen LogP contribution in [0.2, 0.25) is 0 Å². The maximum Gasteiger partial charge on any atom is 0.397 e. The lowest BCUT2D eigenvalue weighted by atomic mass is 10.4. The lowest BCUT2D eigenvalue weighted by Gasteiger charge is -2.02. The Kier molecular flexibility index (Phi) is 6.06. The van der Waals surface area contributed by atoms with Gasteiger partial charge < -0.3 is 4.74 Å². The number of esters is 1. The normalized spacial score (nSPS) is 11.9. The second-order valence-electron chi connectivity index (χ2n) is 3.38. The van der Waals surface area contributed by atoms with Crippen molar-refractivity contribution >= 4 is 40.1 Å². The number of nitrogens with one attached hydrogen (secondary N) is 1. The summed E-state index contributed by atoms with van der Waals surface area (Å²) < 4.78 is 5.33. The van der Waals surface area contributed by atoms with Crippen LogP contribution in [0.4, 0.5) is 5.13 Å². The van der Waals surface area contributed by atoms with E-state index in [0.29, 0.717) is 10.4 Å². The highest BCUT2D eigenvalue weighted by Gasteiger charge is 2.17. The number of anilines is 1.